The summed E-state index contributed by atoms with van der Waals surface area (Å²) in [6.45, 7) is 2.25. The van der Waals surface area contributed by atoms with Crippen LogP contribution < -0.4 is 0 Å². The maximum atomic E-state index is 3.62. The highest BCUT2D eigenvalue weighted by atomic mass is 127. The Balaban J connectivity index is 2.20. The molecule has 13 heavy (non-hydrogen) atoms. The summed E-state index contributed by atoms with van der Waals surface area (Å²) in [5.41, 5.74) is 3.62. The van der Waals surface area contributed by atoms with E-state index in [1.54, 1.807) is 0 Å². The Morgan fingerprint density at radius 1 is 1.31 bits per heavy atom. The van der Waals surface area contributed by atoms with Gasteiger partial charge in [0.25, 0.3) is 0 Å². The number of halogens is 1. The summed E-state index contributed by atoms with van der Waals surface area (Å²) in [5.74, 6) is 3.42. The maximum absolute atomic E-state index is 3.62. The van der Waals surface area contributed by atoms with Gasteiger partial charge in [-0.2, -0.15) is 0 Å². The Kier molecular flexibility index (Phi) is 5.41. The van der Waals surface area contributed by atoms with Gasteiger partial charge in [0.05, 0.1) is 0 Å². The Morgan fingerprint density at radius 3 is 2.54 bits per heavy atom. The van der Waals surface area contributed by atoms with Gasteiger partial charge in [-0.3, -0.25) is 0 Å². The minimum absolute atomic E-state index is 0.951. The molecule has 1 rings (SSSR count). The summed E-state index contributed by atoms with van der Waals surface area (Å²) in [4.78, 5) is 0. The van der Waals surface area contributed by atoms with E-state index in [0.29, 0.717) is 0 Å². The van der Waals surface area contributed by atoms with Crippen molar-refractivity contribution >= 4 is 30.7 Å². The molecule has 0 unspecified atom stereocenters. The fourth-order valence-corrected chi connectivity index (χ4v) is 6.76. The molecule has 0 atom stereocenters. The van der Waals surface area contributed by atoms with Crippen molar-refractivity contribution in [3.05, 3.63) is 0 Å². The van der Waals surface area contributed by atoms with Crippen LogP contribution in [0.1, 0.15) is 39.0 Å². The lowest BCUT2D eigenvalue weighted by atomic mass is 10.2. The van der Waals surface area contributed by atoms with Crippen LogP contribution in [0.2, 0.25) is 12.1 Å². The Bertz CT molecular complexity index is 192. The fourth-order valence-electron chi connectivity index (χ4n) is 1.61. The van der Waals surface area contributed by atoms with Crippen LogP contribution in [-0.2, 0) is 0 Å². The van der Waals surface area contributed by atoms with Crippen molar-refractivity contribution < 1.29 is 0 Å². The van der Waals surface area contributed by atoms with E-state index in [1.807, 2.05) is 0 Å². The number of unbranched alkanes of at least 4 members (excludes halogenated alkanes) is 3. The maximum Gasteiger partial charge on any atom is 0.147 e. The third-order valence-electron chi connectivity index (χ3n) is 2.83. The Morgan fingerprint density at radius 2 is 2.08 bits per heavy atom. The molecule has 0 aromatic heterocycles. The van der Waals surface area contributed by atoms with Crippen LogP contribution in [0.15, 0.2) is 0 Å². The van der Waals surface area contributed by atoms with Gasteiger partial charge in [0, 0.05) is 10.5 Å². The second-order valence-corrected chi connectivity index (χ2v) is 10.4. The van der Waals surface area contributed by atoms with Crippen molar-refractivity contribution in [3.63, 3.8) is 0 Å². The third-order valence-corrected chi connectivity index (χ3v) is 11.0. The molecule has 0 N–H and O–H groups in total. The lowest BCUT2D eigenvalue weighted by molar-refractivity contribution is 0.737. The third kappa shape index (κ3) is 3.63. The van der Waals surface area contributed by atoms with Crippen molar-refractivity contribution in [1.82, 2.24) is 0 Å². The monoisotopic (exact) mass is 306 g/mol. The van der Waals surface area contributed by atoms with Crippen molar-refractivity contribution in [2.75, 3.05) is 4.05 Å². The first-order chi connectivity index (χ1) is 6.33. The first kappa shape index (κ1) is 11.6. The van der Waals surface area contributed by atoms with Gasteiger partial charge in [-0.25, -0.2) is 0 Å². The summed E-state index contributed by atoms with van der Waals surface area (Å²) < 4.78 is 1.37. The van der Waals surface area contributed by atoms with Gasteiger partial charge < -0.3 is 0 Å². The van der Waals surface area contributed by atoms with E-state index in [1.165, 1.54) is 41.8 Å². The summed E-state index contributed by atoms with van der Waals surface area (Å²) in [6.07, 6.45) is 6.59. The van der Waals surface area contributed by atoms with Crippen LogP contribution in [0.4, 0.5) is 0 Å². The van der Waals surface area contributed by atoms with Crippen molar-refractivity contribution in [3.8, 4) is 11.5 Å². The van der Waals surface area contributed by atoms with E-state index in [-0.39, 0.29) is 0 Å². The molecule has 0 spiro atoms. The number of hydrogen-bond donors (Lipinski definition) is 0. The summed E-state index contributed by atoms with van der Waals surface area (Å²) in [5, 5.41) is 0. The largest absolute Gasteiger partial charge is 0.147 e. The van der Waals surface area contributed by atoms with Crippen molar-refractivity contribution in [1.29, 1.82) is 0 Å². The number of rotatable bonds is 4. The standard InChI is InChI=1S/C11H19ISi/c1-2-3-4-5-6-8-13(11-12)9-7-10-13/h2-5,7,9-11H2,1H3. The highest BCUT2D eigenvalue weighted by molar-refractivity contribution is 14.1. The molecule has 0 bridgehead atoms. The molecule has 0 aliphatic carbocycles. The van der Waals surface area contributed by atoms with Crippen LogP contribution in [0.25, 0.3) is 0 Å². The molecule has 1 aliphatic heterocycles. The van der Waals surface area contributed by atoms with Crippen LogP contribution in [0.3, 0.4) is 0 Å². The zero-order valence-corrected chi connectivity index (χ0v) is 11.7. The molecule has 0 aromatic carbocycles. The van der Waals surface area contributed by atoms with Gasteiger partial charge in [-0.05, 0) is 18.5 Å². The molecule has 1 heterocycles. The van der Waals surface area contributed by atoms with Crippen molar-refractivity contribution in [2.24, 2.45) is 0 Å². The average Bonchev–Trinajstić information content (AvgIpc) is 2.09. The van der Waals surface area contributed by atoms with Gasteiger partial charge in [-0.15, -0.1) is 11.5 Å². The quantitative estimate of drug-likeness (QED) is 0.243. The van der Waals surface area contributed by atoms with E-state index >= 15 is 0 Å². The molecular weight excluding hydrogens is 287 g/mol. The molecule has 0 aromatic rings. The topological polar surface area (TPSA) is 0 Å². The molecule has 0 nitrogen and oxygen atoms in total. The van der Waals surface area contributed by atoms with Gasteiger partial charge in [0.2, 0.25) is 0 Å². The first-order valence-electron chi connectivity index (χ1n) is 5.39. The smallest absolute Gasteiger partial charge is 0.130 e. The van der Waals surface area contributed by atoms with Gasteiger partial charge >= 0.3 is 0 Å². The summed E-state index contributed by atoms with van der Waals surface area (Å²) in [7, 11) is -0.951. The van der Waals surface area contributed by atoms with E-state index in [9.17, 15) is 0 Å². The summed E-state index contributed by atoms with van der Waals surface area (Å²) in [6, 6.07) is 2.97. The number of alkyl halides is 1. The number of hydrogen-bond acceptors (Lipinski definition) is 0. The molecule has 1 saturated heterocycles. The van der Waals surface area contributed by atoms with E-state index in [4.69, 9.17) is 0 Å². The zero-order chi connectivity index (χ0) is 9.57. The van der Waals surface area contributed by atoms with Crippen LogP contribution in [-0.4, -0.2) is 12.1 Å². The molecule has 1 aliphatic rings. The Hall–Kier alpha value is 0.507. The second kappa shape index (κ2) is 6.08. The minimum Gasteiger partial charge on any atom is -0.130 e. The van der Waals surface area contributed by atoms with E-state index in [2.05, 4.69) is 41.0 Å². The van der Waals surface area contributed by atoms with Crippen LogP contribution in [0, 0.1) is 11.5 Å². The average molecular weight is 306 g/mol. The molecule has 74 valence electrons. The molecular formula is C11H19ISi. The zero-order valence-electron chi connectivity index (χ0n) is 8.53. The fraction of sp³-hybridized carbons (Fsp3) is 0.818. The first-order valence-corrected chi connectivity index (χ1v) is 9.54. The lowest BCUT2D eigenvalue weighted by Gasteiger charge is -2.32. The predicted octanol–water partition coefficient (Wildman–Crippen LogP) is 3.94. The molecule has 0 saturated carbocycles. The highest BCUT2D eigenvalue weighted by Crippen LogP contribution is 2.33. The van der Waals surface area contributed by atoms with Crippen LogP contribution in [0.5, 0.6) is 0 Å². The van der Waals surface area contributed by atoms with Gasteiger partial charge in [0.1, 0.15) is 8.07 Å². The van der Waals surface area contributed by atoms with Gasteiger partial charge in [-0.1, -0.05) is 48.8 Å². The molecule has 0 amide bonds. The normalized spacial score (nSPS) is 18.6. The van der Waals surface area contributed by atoms with E-state index in [0.717, 1.165) is 6.42 Å². The minimum atomic E-state index is -0.951. The molecule has 1 fully saturated rings. The summed E-state index contributed by atoms with van der Waals surface area (Å²) >= 11 is 2.55. The Labute approximate surface area is 97.0 Å². The SMILES string of the molecule is CCCCCC#C[Si]1(CI)CCC1. The second-order valence-electron chi connectivity index (χ2n) is 4.03. The highest BCUT2D eigenvalue weighted by Gasteiger charge is 2.36. The predicted molar refractivity (Wildman–Crippen MR) is 70.8 cm³/mol. The van der Waals surface area contributed by atoms with Crippen molar-refractivity contribution in [2.45, 2.75) is 51.1 Å². The lowest BCUT2D eigenvalue weighted by Crippen LogP contribution is -2.42. The molecule has 0 radical (unpaired) electrons. The van der Waals surface area contributed by atoms with Gasteiger partial charge in [0.15, 0.2) is 0 Å². The molecule has 2 heteroatoms. The van der Waals surface area contributed by atoms with E-state index < -0.39 is 8.07 Å². The van der Waals surface area contributed by atoms with Crippen LogP contribution >= 0.6 is 22.6 Å².